The van der Waals surface area contributed by atoms with Crippen molar-refractivity contribution in [3.05, 3.63) is 21.4 Å². The number of carbonyl (C=O) groups is 1. The predicted molar refractivity (Wildman–Crippen MR) is 70.6 cm³/mol. The van der Waals surface area contributed by atoms with Crippen LogP contribution in [-0.2, 0) is 27.1 Å². The fraction of sp³-hybridized carbons (Fsp3) is 0.583. The molecular weight excluding hydrogens is 272 g/mol. The van der Waals surface area contributed by atoms with Crippen molar-refractivity contribution in [2.45, 2.75) is 25.7 Å². The Hall–Kier alpha value is -0.720. The molecule has 6 heteroatoms. The summed E-state index contributed by atoms with van der Waals surface area (Å²) in [5.74, 6) is 0.452. The summed E-state index contributed by atoms with van der Waals surface area (Å²) in [7, 11) is -3.33. The molecule has 0 aliphatic heterocycles. The minimum atomic E-state index is -3.33. The third-order valence-corrected chi connectivity index (χ3v) is 4.90. The fourth-order valence-electron chi connectivity index (χ4n) is 2.29. The molecule has 0 spiro atoms. The molecule has 18 heavy (non-hydrogen) atoms. The molecule has 100 valence electrons. The molecule has 0 N–H and O–H groups in total. The van der Waals surface area contributed by atoms with E-state index in [0.29, 0.717) is 5.92 Å². The SMILES string of the molecule is CS(=O)(=O)OCCC1CCc2sc(C=O)cc2C1. The first kappa shape index (κ1) is 13.7. The first-order chi connectivity index (χ1) is 8.48. The van der Waals surface area contributed by atoms with Gasteiger partial charge in [-0.25, -0.2) is 0 Å². The standard InChI is InChI=1S/C12H16O4S2/c1-18(14,15)16-5-4-9-2-3-12-10(6-9)7-11(8-13)17-12/h7-9H,2-6H2,1H3. The van der Waals surface area contributed by atoms with Gasteiger partial charge in [-0.05, 0) is 43.2 Å². The van der Waals surface area contributed by atoms with Crippen molar-refractivity contribution in [2.75, 3.05) is 12.9 Å². The minimum absolute atomic E-state index is 0.253. The van der Waals surface area contributed by atoms with Crippen molar-refractivity contribution in [3.63, 3.8) is 0 Å². The van der Waals surface area contributed by atoms with Gasteiger partial charge in [0.05, 0.1) is 17.7 Å². The van der Waals surface area contributed by atoms with Crippen molar-refractivity contribution in [2.24, 2.45) is 5.92 Å². The van der Waals surface area contributed by atoms with Gasteiger partial charge >= 0.3 is 0 Å². The molecule has 0 fully saturated rings. The van der Waals surface area contributed by atoms with Crippen LogP contribution in [0.3, 0.4) is 0 Å². The number of carbonyl (C=O) groups excluding carboxylic acids is 1. The molecule has 0 radical (unpaired) electrons. The number of aryl methyl sites for hydroxylation is 1. The van der Waals surface area contributed by atoms with Gasteiger partial charge in [0, 0.05) is 4.88 Å². The van der Waals surface area contributed by atoms with Crippen molar-refractivity contribution in [1.29, 1.82) is 0 Å². The molecule has 1 aliphatic rings. The maximum absolute atomic E-state index is 10.9. The van der Waals surface area contributed by atoms with Crippen LogP contribution in [-0.4, -0.2) is 27.6 Å². The van der Waals surface area contributed by atoms with Crippen LogP contribution in [0.2, 0.25) is 0 Å². The summed E-state index contributed by atoms with van der Waals surface area (Å²) in [6, 6.07) is 1.95. The average Bonchev–Trinajstić information content (AvgIpc) is 2.69. The first-order valence-corrected chi connectivity index (χ1v) is 8.52. The third-order valence-electron chi connectivity index (χ3n) is 3.14. The summed E-state index contributed by atoms with van der Waals surface area (Å²) in [4.78, 5) is 12.8. The van der Waals surface area contributed by atoms with Crippen LogP contribution in [0.5, 0.6) is 0 Å². The predicted octanol–water partition coefficient (Wildman–Crippen LogP) is 2.03. The van der Waals surface area contributed by atoms with Crippen LogP contribution >= 0.6 is 11.3 Å². The Morgan fingerprint density at radius 1 is 1.56 bits per heavy atom. The van der Waals surface area contributed by atoms with Gasteiger partial charge < -0.3 is 0 Å². The maximum atomic E-state index is 10.9. The smallest absolute Gasteiger partial charge is 0.264 e. The monoisotopic (exact) mass is 288 g/mol. The van der Waals surface area contributed by atoms with E-state index >= 15 is 0 Å². The molecule has 2 rings (SSSR count). The van der Waals surface area contributed by atoms with Gasteiger partial charge in [0.15, 0.2) is 6.29 Å². The van der Waals surface area contributed by atoms with E-state index in [0.717, 1.165) is 43.1 Å². The summed E-state index contributed by atoms with van der Waals surface area (Å²) in [6.07, 6.45) is 5.66. The zero-order valence-electron chi connectivity index (χ0n) is 10.2. The molecule has 1 unspecified atom stereocenters. The number of aldehydes is 1. The number of fused-ring (bicyclic) bond motifs is 1. The maximum Gasteiger partial charge on any atom is 0.264 e. The lowest BCUT2D eigenvalue weighted by Gasteiger charge is -2.21. The normalized spacial score (nSPS) is 19.5. The molecule has 0 aromatic carbocycles. The largest absolute Gasteiger partial charge is 0.297 e. The zero-order chi connectivity index (χ0) is 13.2. The van der Waals surface area contributed by atoms with E-state index in [1.807, 2.05) is 6.07 Å². The summed E-state index contributed by atoms with van der Waals surface area (Å²) in [5, 5.41) is 0. The number of hydrogen-bond acceptors (Lipinski definition) is 5. The van der Waals surface area contributed by atoms with Crippen molar-refractivity contribution < 1.29 is 17.4 Å². The van der Waals surface area contributed by atoms with Gasteiger partial charge in [-0.2, -0.15) is 8.42 Å². The van der Waals surface area contributed by atoms with Crippen molar-refractivity contribution in [3.8, 4) is 0 Å². The Kier molecular flexibility index (Phi) is 4.19. The van der Waals surface area contributed by atoms with Gasteiger partial charge in [0.2, 0.25) is 0 Å². The molecule has 1 aliphatic carbocycles. The van der Waals surface area contributed by atoms with E-state index in [2.05, 4.69) is 0 Å². The Morgan fingerprint density at radius 3 is 3.00 bits per heavy atom. The molecule has 1 atom stereocenters. The van der Waals surface area contributed by atoms with Gasteiger partial charge in [-0.15, -0.1) is 11.3 Å². The van der Waals surface area contributed by atoms with Crippen LogP contribution in [0, 0.1) is 5.92 Å². The van der Waals surface area contributed by atoms with Gasteiger partial charge in [-0.3, -0.25) is 8.98 Å². The van der Waals surface area contributed by atoms with Crippen LogP contribution in [0.4, 0.5) is 0 Å². The molecule has 0 amide bonds. The first-order valence-electron chi connectivity index (χ1n) is 5.89. The van der Waals surface area contributed by atoms with E-state index in [4.69, 9.17) is 4.18 Å². The molecule has 1 aromatic rings. The summed E-state index contributed by atoms with van der Waals surface area (Å²) >= 11 is 1.57. The summed E-state index contributed by atoms with van der Waals surface area (Å²) in [6.45, 7) is 0.253. The highest BCUT2D eigenvalue weighted by Gasteiger charge is 2.21. The van der Waals surface area contributed by atoms with Crippen LogP contribution in [0.25, 0.3) is 0 Å². The van der Waals surface area contributed by atoms with E-state index in [1.165, 1.54) is 10.4 Å². The lowest BCUT2D eigenvalue weighted by atomic mass is 9.86. The highest BCUT2D eigenvalue weighted by molar-refractivity contribution is 7.85. The lowest BCUT2D eigenvalue weighted by molar-refractivity contribution is 0.112. The van der Waals surface area contributed by atoms with Crippen LogP contribution in [0.1, 0.15) is 33.0 Å². The number of rotatable bonds is 5. The van der Waals surface area contributed by atoms with Gasteiger partial charge in [0.1, 0.15) is 0 Å². The van der Waals surface area contributed by atoms with E-state index < -0.39 is 10.1 Å². The number of hydrogen-bond donors (Lipinski definition) is 0. The molecule has 0 bridgehead atoms. The zero-order valence-corrected chi connectivity index (χ0v) is 11.9. The molecule has 1 heterocycles. The topological polar surface area (TPSA) is 60.4 Å². The second-order valence-electron chi connectivity index (χ2n) is 4.64. The lowest BCUT2D eigenvalue weighted by Crippen LogP contribution is -2.15. The third kappa shape index (κ3) is 3.63. The van der Waals surface area contributed by atoms with Crippen molar-refractivity contribution >= 4 is 27.7 Å². The van der Waals surface area contributed by atoms with Crippen molar-refractivity contribution in [1.82, 2.24) is 0 Å². The Labute approximate surface area is 111 Å². The minimum Gasteiger partial charge on any atom is -0.297 e. The van der Waals surface area contributed by atoms with Crippen LogP contribution < -0.4 is 0 Å². The Morgan fingerprint density at radius 2 is 2.33 bits per heavy atom. The number of thiophene rings is 1. The highest BCUT2D eigenvalue weighted by atomic mass is 32.2. The van der Waals surface area contributed by atoms with Gasteiger partial charge in [0.25, 0.3) is 10.1 Å². The molecular formula is C12H16O4S2. The quantitative estimate of drug-likeness (QED) is 0.614. The average molecular weight is 288 g/mol. The molecule has 4 nitrogen and oxygen atoms in total. The van der Waals surface area contributed by atoms with E-state index in [1.54, 1.807) is 11.3 Å². The summed E-state index contributed by atoms with van der Waals surface area (Å²) in [5.41, 5.74) is 1.25. The highest BCUT2D eigenvalue weighted by Crippen LogP contribution is 2.33. The Balaban J connectivity index is 1.89. The second-order valence-corrected chi connectivity index (χ2v) is 7.45. The molecule has 1 aromatic heterocycles. The van der Waals surface area contributed by atoms with Gasteiger partial charge in [-0.1, -0.05) is 0 Å². The van der Waals surface area contributed by atoms with E-state index in [-0.39, 0.29) is 6.61 Å². The molecule has 0 saturated heterocycles. The van der Waals surface area contributed by atoms with Crippen LogP contribution in [0.15, 0.2) is 6.07 Å². The second kappa shape index (κ2) is 5.50. The fourth-order valence-corrected chi connectivity index (χ4v) is 3.72. The van der Waals surface area contributed by atoms with E-state index in [9.17, 15) is 13.2 Å². The Bertz CT molecular complexity index is 530. The molecule has 0 saturated carbocycles. The summed E-state index contributed by atoms with van der Waals surface area (Å²) < 4.78 is 26.5.